The zero-order chi connectivity index (χ0) is 29.9. The van der Waals surface area contributed by atoms with E-state index in [4.69, 9.17) is 5.73 Å². The molecule has 1 fully saturated rings. The summed E-state index contributed by atoms with van der Waals surface area (Å²) in [6.07, 6.45) is -0.199. The lowest BCUT2D eigenvalue weighted by atomic mass is 9.89. The number of benzene rings is 1. The van der Waals surface area contributed by atoms with E-state index < -0.39 is 51.2 Å². The van der Waals surface area contributed by atoms with Crippen molar-refractivity contribution in [2.45, 2.75) is 44.2 Å². The minimum absolute atomic E-state index is 0.0492. The number of thioether (sulfide) groups is 3. The van der Waals surface area contributed by atoms with Crippen LogP contribution in [0.4, 0.5) is 10.5 Å². The van der Waals surface area contributed by atoms with Gasteiger partial charge in [0.05, 0.1) is 17.3 Å². The zero-order valence-electron chi connectivity index (χ0n) is 21.6. The molecule has 1 aromatic rings. The Morgan fingerprint density at radius 1 is 1.02 bits per heavy atom. The number of carbonyl (C=O) groups is 5. The standard InChI is InChI=1S/C24H21N4O9PS3/c1-8-6-11-15-22(39-19(25)10(3)24(15)40-17(20(31)32)18(41-24)21(33)34)38(36,37)28-16(11)12(9(8)2)7-26(23(28)35)27-13(29)4-5-14(27)30/h6H,4-5,7,25H2,1-3H3,(H,31,32)(H,33,34)(H,36,37). The molecule has 0 radical (unpaired) electrons. The van der Waals surface area contributed by atoms with E-state index in [0.717, 1.165) is 21.8 Å². The lowest BCUT2D eigenvalue weighted by Gasteiger charge is -2.49. The number of amides is 4. The summed E-state index contributed by atoms with van der Waals surface area (Å²) in [4.78, 5) is 74.3. The molecule has 4 amide bonds. The maximum absolute atomic E-state index is 14.5. The highest BCUT2D eigenvalue weighted by Crippen LogP contribution is 2.77. The fourth-order valence-corrected chi connectivity index (χ4v) is 12.6. The van der Waals surface area contributed by atoms with E-state index in [1.807, 2.05) is 0 Å². The van der Waals surface area contributed by atoms with Crippen LogP contribution in [0.2, 0.25) is 0 Å². The number of carboxylic acid groups (broad SMARTS) is 2. The Morgan fingerprint density at radius 2 is 1.59 bits per heavy atom. The third-order valence-corrected chi connectivity index (χ3v) is 14.6. The Bertz CT molecular complexity index is 1690. The lowest BCUT2D eigenvalue weighted by Crippen LogP contribution is -2.56. The number of aryl methyl sites for hydroxylation is 1. The number of hydrogen-bond acceptors (Lipinski definition) is 10. The number of hydrogen-bond donors (Lipinski definition) is 4. The SMILES string of the molecule is CC1=C(N)SC2=C(c3cc(C)c(C)c4c3N(C(=O)N(N3C(=O)CCC3=O)C4)P2(=O)O)C12SC(C(=O)O)=C(C(=O)O)S2. The van der Waals surface area contributed by atoms with E-state index in [9.17, 15) is 43.6 Å². The van der Waals surface area contributed by atoms with Gasteiger partial charge in [0.15, 0.2) is 0 Å². The van der Waals surface area contributed by atoms with Crippen LogP contribution < -0.4 is 10.4 Å². The van der Waals surface area contributed by atoms with Crippen LogP contribution in [-0.2, 0) is 30.3 Å². The highest BCUT2D eigenvalue weighted by Gasteiger charge is 2.61. The molecule has 1 unspecified atom stereocenters. The number of carboxylic acids is 2. The number of hydrazine groups is 1. The molecule has 13 nitrogen and oxygen atoms in total. The van der Waals surface area contributed by atoms with Crippen molar-refractivity contribution in [1.82, 2.24) is 10.0 Å². The van der Waals surface area contributed by atoms with Crippen LogP contribution in [0.5, 0.6) is 0 Å². The number of urea groups is 1. The molecular formula is C24H21N4O9PS3. The molecule has 1 atom stereocenters. The summed E-state index contributed by atoms with van der Waals surface area (Å²) in [5.41, 5.74) is 9.13. The van der Waals surface area contributed by atoms with E-state index in [1.165, 1.54) is 0 Å². The second-order valence-corrected chi connectivity index (χ2v) is 15.8. The van der Waals surface area contributed by atoms with Crippen LogP contribution in [0, 0.1) is 13.8 Å². The molecule has 0 bridgehead atoms. The maximum Gasteiger partial charge on any atom is 0.351 e. The van der Waals surface area contributed by atoms with Crippen molar-refractivity contribution in [2.75, 3.05) is 4.67 Å². The van der Waals surface area contributed by atoms with Gasteiger partial charge in [-0.25, -0.2) is 24.1 Å². The highest BCUT2D eigenvalue weighted by molar-refractivity contribution is 8.27. The van der Waals surface area contributed by atoms with Crippen molar-refractivity contribution in [3.05, 3.63) is 53.4 Å². The topological polar surface area (TPSA) is 199 Å². The Balaban J connectivity index is 1.64. The van der Waals surface area contributed by atoms with Gasteiger partial charge in [-0.2, -0.15) is 5.01 Å². The van der Waals surface area contributed by atoms with Gasteiger partial charge < -0.3 is 20.8 Å². The molecule has 1 spiro atoms. The number of imide groups is 1. The van der Waals surface area contributed by atoms with Crippen molar-refractivity contribution >= 4 is 83.8 Å². The van der Waals surface area contributed by atoms with Crippen molar-refractivity contribution < 1.29 is 43.6 Å². The molecule has 0 aliphatic carbocycles. The van der Waals surface area contributed by atoms with Crippen molar-refractivity contribution in [1.29, 1.82) is 0 Å². The van der Waals surface area contributed by atoms with Crippen LogP contribution in [0.3, 0.4) is 0 Å². The van der Waals surface area contributed by atoms with E-state index in [-0.39, 0.29) is 40.3 Å². The van der Waals surface area contributed by atoms with E-state index in [0.29, 0.717) is 56.0 Å². The molecule has 0 aromatic heterocycles. The van der Waals surface area contributed by atoms with Gasteiger partial charge in [-0.15, -0.1) is 0 Å². The molecule has 6 rings (SSSR count). The number of nitrogens with zero attached hydrogens (tertiary/aromatic N) is 3. The average molecular weight is 637 g/mol. The number of rotatable bonds is 3. The molecule has 5 aliphatic rings. The Kier molecular flexibility index (Phi) is 6.08. The van der Waals surface area contributed by atoms with Crippen LogP contribution >= 0.6 is 42.8 Å². The quantitative estimate of drug-likeness (QED) is 0.278. The summed E-state index contributed by atoms with van der Waals surface area (Å²) >= 11 is 2.18. The predicted molar refractivity (Wildman–Crippen MR) is 152 cm³/mol. The van der Waals surface area contributed by atoms with E-state index >= 15 is 0 Å². The number of carbonyl (C=O) groups excluding carboxylic acids is 3. The molecule has 1 saturated heterocycles. The smallest absolute Gasteiger partial charge is 0.351 e. The van der Waals surface area contributed by atoms with E-state index in [1.54, 1.807) is 26.8 Å². The summed E-state index contributed by atoms with van der Waals surface area (Å²) < 4.78 is 13.4. The van der Waals surface area contributed by atoms with Gasteiger partial charge in [-0.1, -0.05) is 35.3 Å². The van der Waals surface area contributed by atoms with Crippen molar-refractivity contribution in [3.8, 4) is 0 Å². The third-order valence-electron chi connectivity index (χ3n) is 7.64. The molecule has 1 aromatic carbocycles. The summed E-state index contributed by atoms with van der Waals surface area (Å²) in [5, 5.41) is 21.4. The van der Waals surface area contributed by atoms with Gasteiger partial charge in [-0.3, -0.25) is 14.2 Å². The Labute approximate surface area is 244 Å². The first-order chi connectivity index (χ1) is 19.1. The lowest BCUT2D eigenvalue weighted by molar-refractivity contribution is -0.153. The van der Waals surface area contributed by atoms with Crippen LogP contribution in [-0.4, -0.2) is 59.0 Å². The molecule has 5 aliphatic heterocycles. The summed E-state index contributed by atoms with van der Waals surface area (Å²) in [6.45, 7) is 4.91. The average Bonchev–Trinajstić information content (AvgIpc) is 3.45. The largest absolute Gasteiger partial charge is 0.477 e. The van der Waals surface area contributed by atoms with Crippen LogP contribution in [0.15, 0.2) is 31.1 Å². The van der Waals surface area contributed by atoms with Crippen LogP contribution in [0.25, 0.3) is 5.57 Å². The zero-order valence-corrected chi connectivity index (χ0v) is 24.9. The van der Waals surface area contributed by atoms with Gasteiger partial charge in [-0.05, 0) is 43.5 Å². The summed E-state index contributed by atoms with van der Waals surface area (Å²) in [5.74, 6) is -4.16. The van der Waals surface area contributed by atoms with Gasteiger partial charge in [0.25, 0.3) is 0 Å². The molecule has 41 heavy (non-hydrogen) atoms. The second-order valence-electron chi connectivity index (χ2n) is 9.85. The monoisotopic (exact) mass is 636 g/mol. The van der Waals surface area contributed by atoms with Gasteiger partial charge in [0, 0.05) is 29.5 Å². The molecule has 5 N–H and O–H groups in total. The highest BCUT2D eigenvalue weighted by atomic mass is 32.2. The number of aliphatic carboxylic acids is 2. The first kappa shape index (κ1) is 28.0. The number of nitrogens with two attached hydrogens (primary N) is 1. The van der Waals surface area contributed by atoms with Gasteiger partial charge in [0.1, 0.15) is 18.5 Å². The van der Waals surface area contributed by atoms with Gasteiger partial charge in [0.2, 0.25) is 11.8 Å². The fraction of sp³-hybridized carbons (Fsp3) is 0.292. The number of anilines is 1. The third kappa shape index (κ3) is 3.57. The first-order valence-electron chi connectivity index (χ1n) is 12.1. The predicted octanol–water partition coefficient (Wildman–Crippen LogP) is 3.47. The maximum atomic E-state index is 14.5. The first-order valence-corrected chi connectivity index (χ1v) is 16.1. The molecular weight excluding hydrogens is 615 g/mol. The molecule has 0 saturated carbocycles. The van der Waals surface area contributed by atoms with Crippen molar-refractivity contribution in [2.24, 2.45) is 5.73 Å². The molecule has 5 heterocycles. The number of fused-ring (bicyclic) bond motifs is 2. The fourth-order valence-electron chi connectivity index (χ4n) is 5.51. The van der Waals surface area contributed by atoms with E-state index in [2.05, 4.69) is 0 Å². The second kappa shape index (κ2) is 8.91. The minimum Gasteiger partial charge on any atom is -0.477 e. The van der Waals surface area contributed by atoms with Gasteiger partial charge >= 0.3 is 25.5 Å². The Hall–Kier alpha value is -3.17. The minimum atomic E-state index is -4.89. The normalized spacial score (nSPS) is 25.1. The summed E-state index contributed by atoms with van der Waals surface area (Å²) in [6, 6.07) is 0.659. The summed E-state index contributed by atoms with van der Waals surface area (Å²) in [7, 11) is -4.89. The molecule has 17 heteroatoms. The Morgan fingerprint density at radius 3 is 2.12 bits per heavy atom. The van der Waals surface area contributed by atoms with Crippen LogP contribution in [0.1, 0.15) is 42.0 Å². The molecule has 214 valence electrons. The van der Waals surface area contributed by atoms with Crippen molar-refractivity contribution in [3.63, 3.8) is 0 Å².